The topological polar surface area (TPSA) is 64.1 Å². The molecule has 20 heavy (non-hydrogen) atoms. The van der Waals surface area contributed by atoms with Crippen molar-refractivity contribution in [3.05, 3.63) is 23.0 Å². The van der Waals surface area contributed by atoms with Crippen LogP contribution in [0.4, 0.5) is 0 Å². The zero-order chi connectivity index (χ0) is 14.9. The highest BCUT2D eigenvalue weighted by Gasteiger charge is 2.19. The van der Waals surface area contributed by atoms with Gasteiger partial charge in [-0.3, -0.25) is 0 Å². The average molecular weight is 277 g/mol. The van der Waals surface area contributed by atoms with Gasteiger partial charge < -0.3 is 14.2 Å². The van der Waals surface area contributed by atoms with E-state index in [4.69, 9.17) is 8.83 Å². The second kappa shape index (κ2) is 5.40. The van der Waals surface area contributed by atoms with Gasteiger partial charge in [-0.1, -0.05) is 0 Å². The smallest absolute Gasteiger partial charge is 0.251 e. The number of rotatable bonds is 4. The van der Waals surface area contributed by atoms with Gasteiger partial charge >= 0.3 is 0 Å². The molecule has 0 radical (unpaired) electrons. The summed E-state index contributed by atoms with van der Waals surface area (Å²) in [5, 5.41) is 11.6. The molecule has 0 spiro atoms. The molecule has 1 N–H and O–H groups in total. The van der Waals surface area contributed by atoms with Crippen molar-refractivity contribution >= 4 is 0 Å². The number of hydrogen-bond donors (Lipinski definition) is 1. The molecule has 0 aliphatic rings. The molecule has 0 bridgehead atoms. The van der Waals surface area contributed by atoms with Crippen molar-refractivity contribution in [2.45, 2.75) is 53.5 Å². The fourth-order valence-corrected chi connectivity index (χ4v) is 2.11. The van der Waals surface area contributed by atoms with E-state index in [1.165, 1.54) is 0 Å². The summed E-state index contributed by atoms with van der Waals surface area (Å²) in [5.41, 5.74) is 2.08. The van der Waals surface area contributed by atoms with Crippen molar-refractivity contribution in [2.75, 3.05) is 6.54 Å². The fraction of sp³-hybridized carbons (Fsp3) is 0.600. The first kappa shape index (κ1) is 14.8. The van der Waals surface area contributed by atoms with Gasteiger partial charge in [-0.25, -0.2) is 0 Å². The Bertz CT molecular complexity index is 591. The van der Waals surface area contributed by atoms with Crippen LogP contribution in [-0.2, 0) is 6.42 Å². The van der Waals surface area contributed by atoms with E-state index in [1.807, 2.05) is 20.8 Å². The first-order chi connectivity index (χ1) is 9.28. The Labute approximate surface area is 119 Å². The molecule has 5 nitrogen and oxygen atoms in total. The van der Waals surface area contributed by atoms with Crippen LogP contribution in [0.5, 0.6) is 0 Å². The molecule has 0 saturated carbocycles. The Morgan fingerprint density at radius 2 is 1.70 bits per heavy atom. The van der Waals surface area contributed by atoms with Gasteiger partial charge in [-0.05, 0) is 41.5 Å². The predicted octanol–water partition coefficient (Wildman–Crippen LogP) is 3.19. The van der Waals surface area contributed by atoms with Crippen LogP contribution in [-0.4, -0.2) is 22.3 Å². The highest BCUT2D eigenvalue weighted by molar-refractivity contribution is 5.61. The molecule has 2 aromatic heterocycles. The lowest BCUT2D eigenvalue weighted by molar-refractivity contribution is 0.411. The summed E-state index contributed by atoms with van der Waals surface area (Å²) >= 11 is 0. The molecule has 0 atom stereocenters. The zero-order valence-electron chi connectivity index (χ0n) is 13.1. The Hall–Kier alpha value is -1.62. The van der Waals surface area contributed by atoms with Crippen molar-refractivity contribution in [3.63, 3.8) is 0 Å². The monoisotopic (exact) mass is 277 g/mol. The summed E-state index contributed by atoms with van der Waals surface area (Å²) in [7, 11) is 0. The molecule has 0 aromatic carbocycles. The van der Waals surface area contributed by atoms with Crippen LogP contribution in [0.25, 0.3) is 11.5 Å². The summed E-state index contributed by atoms with van der Waals surface area (Å²) in [6.07, 6.45) is 0.721. The molecule has 0 unspecified atom stereocenters. The van der Waals surface area contributed by atoms with E-state index >= 15 is 0 Å². The lowest BCUT2D eigenvalue weighted by atomic mass is 10.1. The maximum atomic E-state index is 5.74. The van der Waals surface area contributed by atoms with Crippen molar-refractivity contribution in [1.29, 1.82) is 0 Å². The van der Waals surface area contributed by atoms with Gasteiger partial charge in [-0.2, -0.15) is 0 Å². The molecule has 0 aliphatic heterocycles. The molecule has 0 saturated heterocycles. The number of furan rings is 1. The number of nitrogens with one attached hydrogen (secondary N) is 1. The second-order valence-corrected chi connectivity index (χ2v) is 6.14. The maximum Gasteiger partial charge on any atom is 0.251 e. The lowest BCUT2D eigenvalue weighted by Gasteiger charge is -2.19. The van der Waals surface area contributed by atoms with Gasteiger partial charge in [0.15, 0.2) is 0 Å². The van der Waals surface area contributed by atoms with E-state index in [9.17, 15) is 0 Å². The van der Waals surface area contributed by atoms with Gasteiger partial charge in [0.2, 0.25) is 5.89 Å². The third-order valence-corrected chi connectivity index (χ3v) is 3.24. The molecule has 0 aliphatic carbocycles. The minimum absolute atomic E-state index is 0.0949. The molecule has 2 aromatic rings. The van der Waals surface area contributed by atoms with E-state index in [-0.39, 0.29) is 5.54 Å². The van der Waals surface area contributed by atoms with Crippen molar-refractivity contribution in [3.8, 4) is 11.5 Å². The van der Waals surface area contributed by atoms with E-state index < -0.39 is 0 Å². The summed E-state index contributed by atoms with van der Waals surface area (Å²) in [6, 6.07) is 0. The standard InChI is InChI=1S/C15H23N3O2/c1-9-10(2)19-11(3)13(9)14-18-17-12(20-14)7-8-16-15(4,5)6/h16H,7-8H2,1-6H3. The van der Waals surface area contributed by atoms with Crippen molar-refractivity contribution in [2.24, 2.45) is 0 Å². The SMILES string of the molecule is Cc1oc(C)c(-c2nnc(CCNC(C)(C)C)o2)c1C. The highest BCUT2D eigenvalue weighted by atomic mass is 16.4. The number of aromatic nitrogens is 2. The van der Waals surface area contributed by atoms with Crippen LogP contribution in [0.2, 0.25) is 0 Å². The molecule has 2 heterocycles. The molecule has 110 valence electrons. The summed E-state index contributed by atoms with van der Waals surface area (Å²) in [4.78, 5) is 0. The average Bonchev–Trinajstić information content (AvgIpc) is 2.84. The molecular weight excluding hydrogens is 254 g/mol. The van der Waals surface area contributed by atoms with Crippen molar-refractivity contribution in [1.82, 2.24) is 15.5 Å². The number of aryl methyl sites for hydroxylation is 2. The lowest BCUT2D eigenvalue weighted by Crippen LogP contribution is -2.37. The van der Waals surface area contributed by atoms with E-state index in [1.54, 1.807) is 0 Å². The van der Waals surface area contributed by atoms with Gasteiger partial charge in [0.1, 0.15) is 11.5 Å². The van der Waals surface area contributed by atoms with E-state index in [2.05, 4.69) is 36.3 Å². The first-order valence-electron chi connectivity index (χ1n) is 6.92. The Balaban J connectivity index is 2.09. The molecular formula is C15H23N3O2. The van der Waals surface area contributed by atoms with Crippen LogP contribution >= 0.6 is 0 Å². The van der Waals surface area contributed by atoms with Crippen LogP contribution in [0.1, 0.15) is 43.7 Å². The first-order valence-corrected chi connectivity index (χ1v) is 6.92. The van der Waals surface area contributed by atoms with Gasteiger partial charge in [0.05, 0.1) is 5.56 Å². The van der Waals surface area contributed by atoms with Crippen LogP contribution < -0.4 is 5.32 Å². The largest absolute Gasteiger partial charge is 0.466 e. The normalized spacial score (nSPS) is 12.1. The third kappa shape index (κ3) is 3.28. The zero-order valence-corrected chi connectivity index (χ0v) is 13.1. The minimum Gasteiger partial charge on any atom is -0.466 e. The number of hydrogen-bond acceptors (Lipinski definition) is 5. The van der Waals surface area contributed by atoms with E-state index in [0.29, 0.717) is 11.8 Å². The molecule has 0 fully saturated rings. The third-order valence-electron chi connectivity index (χ3n) is 3.24. The Kier molecular flexibility index (Phi) is 3.99. The summed E-state index contributed by atoms with van der Waals surface area (Å²) in [5.74, 6) is 2.91. The molecule has 0 amide bonds. The minimum atomic E-state index is 0.0949. The van der Waals surface area contributed by atoms with Gasteiger partial charge in [0.25, 0.3) is 5.89 Å². The fourth-order valence-electron chi connectivity index (χ4n) is 2.11. The van der Waals surface area contributed by atoms with Gasteiger partial charge in [0, 0.05) is 24.1 Å². The molecule has 2 rings (SSSR count). The van der Waals surface area contributed by atoms with Crippen LogP contribution in [0, 0.1) is 20.8 Å². The number of nitrogens with zero attached hydrogens (tertiary/aromatic N) is 2. The summed E-state index contributed by atoms with van der Waals surface area (Å²) in [6.45, 7) is 13.1. The van der Waals surface area contributed by atoms with E-state index in [0.717, 1.165) is 35.6 Å². The van der Waals surface area contributed by atoms with Crippen LogP contribution in [0.15, 0.2) is 8.83 Å². The van der Waals surface area contributed by atoms with Crippen molar-refractivity contribution < 1.29 is 8.83 Å². The van der Waals surface area contributed by atoms with Gasteiger partial charge in [-0.15, -0.1) is 10.2 Å². The highest BCUT2D eigenvalue weighted by Crippen LogP contribution is 2.30. The Morgan fingerprint density at radius 1 is 1.00 bits per heavy atom. The Morgan fingerprint density at radius 3 is 2.25 bits per heavy atom. The quantitative estimate of drug-likeness (QED) is 0.929. The predicted molar refractivity (Wildman–Crippen MR) is 77.7 cm³/mol. The second-order valence-electron chi connectivity index (χ2n) is 6.14. The van der Waals surface area contributed by atoms with Crippen LogP contribution in [0.3, 0.4) is 0 Å². The maximum absolute atomic E-state index is 5.74. The molecule has 5 heteroatoms. The summed E-state index contributed by atoms with van der Waals surface area (Å²) < 4.78 is 11.3.